The summed E-state index contributed by atoms with van der Waals surface area (Å²) >= 11 is 7.99. The lowest BCUT2D eigenvalue weighted by Crippen LogP contribution is -2.05. The van der Waals surface area contributed by atoms with Crippen LogP contribution in [0.2, 0.25) is 0 Å². The Balaban J connectivity index is 2.51. The summed E-state index contributed by atoms with van der Waals surface area (Å²) in [5.41, 5.74) is 1.49. The number of nitrogens with zero attached hydrogens (tertiary/aromatic N) is 2. The van der Waals surface area contributed by atoms with Crippen LogP contribution in [0.25, 0.3) is 11.0 Å². The maximum absolute atomic E-state index is 13.8. The molecule has 0 bridgehead atoms. The highest BCUT2D eigenvalue weighted by molar-refractivity contribution is 7.98. The molecule has 1 atom stereocenters. The zero-order valence-corrected chi connectivity index (χ0v) is 13.4. The van der Waals surface area contributed by atoms with E-state index in [0.717, 1.165) is 30.1 Å². The number of hydrogen-bond donors (Lipinski definition) is 0. The second-order valence-electron chi connectivity index (χ2n) is 4.56. The van der Waals surface area contributed by atoms with E-state index in [0.29, 0.717) is 5.52 Å². The second-order valence-corrected chi connectivity index (χ2v) is 6.20. The molecule has 6 heteroatoms. The molecule has 0 fully saturated rings. The van der Waals surface area contributed by atoms with E-state index >= 15 is 0 Å². The van der Waals surface area contributed by atoms with E-state index in [-0.39, 0.29) is 11.1 Å². The van der Waals surface area contributed by atoms with Crippen molar-refractivity contribution in [2.24, 2.45) is 0 Å². The molecule has 3 nitrogen and oxygen atoms in total. The lowest BCUT2D eigenvalue weighted by Gasteiger charge is -2.10. The summed E-state index contributed by atoms with van der Waals surface area (Å²) in [6.45, 7) is 2.69. The fourth-order valence-corrected chi connectivity index (χ4v) is 2.79. The molecule has 1 heterocycles. The van der Waals surface area contributed by atoms with Crippen molar-refractivity contribution >= 4 is 34.4 Å². The highest BCUT2D eigenvalue weighted by atomic mass is 35.5. The van der Waals surface area contributed by atoms with Gasteiger partial charge in [-0.25, -0.2) is 9.37 Å². The van der Waals surface area contributed by atoms with Gasteiger partial charge in [-0.05, 0) is 25.4 Å². The Morgan fingerprint density at radius 2 is 2.25 bits per heavy atom. The summed E-state index contributed by atoms with van der Waals surface area (Å²) < 4.78 is 20.9. The number of fused-ring (bicyclic) bond motifs is 1. The number of benzene rings is 1. The zero-order chi connectivity index (χ0) is 14.7. The summed E-state index contributed by atoms with van der Waals surface area (Å²) in [6.07, 6.45) is 3.10. The number of imidazole rings is 1. The summed E-state index contributed by atoms with van der Waals surface area (Å²) in [5.74, 6) is 1.67. The number of ether oxygens (including phenoxy) is 1. The minimum atomic E-state index is -0.400. The van der Waals surface area contributed by atoms with Crippen LogP contribution in [0.1, 0.15) is 24.5 Å². The SMILES string of the molecule is COc1cc2c(cc1F)nc(C(C)Cl)n2CCCSC. The Labute approximate surface area is 127 Å². The van der Waals surface area contributed by atoms with Gasteiger partial charge in [-0.15, -0.1) is 11.6 Å². The van der Waals surface area contributed by atoms with Crippen LogP contribution in [-0.4, -0.2) is 28.7 Å². The minimum Gasteiger partial charge on any atom is -0.494 e. The highest BCUT2D eigenvalue weighted by Gasteiger charge is 2.17. The minimum absolute atomic E-state index is 0.217. The highest BCUT2D eigenvalue weighted by Crippen LogP contribution is 2.29. The molecule has 20 heavy (non-hydrogen) atoms. The first-order valence-electron chi connectivity index (χ1n) is 6.45. The van der Waals surface area contributed by atoms with E-state index in [1.165, 1.54) is 13.2 Å². The lowest BCUT2D eigenvalue weighted by atomic mass is 10.2. The molecular weight excluding hydrogens is 299 g/mol. The van der Waals surface area contributed by atoms with E-state index in [2.05, 4.69) is 15.8 Å². The van der Waals surface area contributed by atoms with E-state index in [1.807, 2.05) is 6.92 Å². The summed E-state index contributed by atoms with van der Waals surface area (Å²) in [4.78, 5) is 4.46. The van der Waals surface area contributed by atoms with E-state index in [4.69, 9.17) is 16.3 Å². The molecule has 1 aromatic carbocycles. The molecule has 0 aliphatic rings. The van der Waals surface area contributed by atoms with Crippen LogP contribution in [0.4, 0.5) is 4.39 Å². The van der Waals surface area contributed by atoms with Crippen LogP contribution in [-0.2, 0) is 6.54 Å². The van der Waals surface area contributed by atoms with Crippen molar-refractivity contribution < 1.29 is 9.13 Å². The molecule has 2 rings (SSSR count). The van der Waals surface area contributed by atoms with Gasteiger partial charge in [0.15, 0.2) is 11.6 Å². The number of rotatable bonds is 6. The van der Waals surface area contributed by atoms with Crippen LogP contribution < -0.4 is 4.74 Å². The monoisotopic (exact) mass is 316 g/mol. The van der Waals surface area contributed by atoms with Crippen molar-refractivity contribution in [3.8, 4) is 5.75 Å². The number of methoxy groups -OCH3 is 1. The first-order valence-corrected chi connectivity index (χ1v) is 8.28. The maximum Gasteiger partial charge on any atom is 0.167 e. The Bertz CT molecular complexity index is 600. The molecule has 0 radical (unpaired) electrons. The summed E-state index contributed by atoms with van der Waals surface area (Å²) in [7, 11) is 1.46. The van der Waals surface area contributed by atoms with Gasteiger partial charge < -0.3 is 9.30 Å². The van der Waals surface area contributed by atoms with Crippen molar-refractivity contribution in [2.75, 3.05) is 19.1 Å². The molecule has 0 aliphatic carbocycles. The molecule has 0 amide bonds. The molecule has 2 aromatic rings. The molecule has 0 saturated heterocycles. The third-order valence-corrected chi connectivity index (χ3v) is 4.03. The van der Waals surface area contributed by atoms with Crippen LogP contribution in [0.15, 0.2) is 12.1 Å². The third-order valence-electron chi connectivity index (χ3n) is 3.14. The number of aryl methyl sites for hydroxylation is 1. The molecular formula is C14H18ClFN2OS. The fraction of sp³-hybridized carbons (Fsp3) is 0.500. The molecule has 110 valence electrons. The van der Waals surface area contributed by atoms with Crippen LogP contribution in [0, 0.1) is 5.82 Å². The van der Waals surface area contributed by atoms with Gasteiger partial charge in [0, 0.05) is 18.7 Å². The number of aromatic nitrogens is 2. The third kappa shape index (κ3) is 3.04. The van der Waals surface area contributed by atoms with E-state index in [9.17, 15) is 4.39 Å². The maximum atomic E-state index is 13.8. The van der Waals surface area contributed by atoms with Crippen molar-refractivity contribution in [2.45, 2.75) is 25.3 Å². The quantitative estimate of drug-likeness (QED) is 0.589. The molecule has 1 unspecified atom stereocenters. The van der Waals surface area contributed by atoms with Gasteiger partial charge in [0.25, 0.3) is 0 Å². The van der Waals surface area contributed by atoms with Crippen molar-refractivity contribution in [3.05, 3.63) is 23.8 Å². The number of halogens is 2. The van der Waals surface area contributed by atoms with Gasteiger partial charge in [-0.3, -0.25) is 0 Å². The Morgan fingerprint density at radius 1 is 1.50 bits per heavy atom. The van der Waals surface area contributed by atoms with Crippen molar-refractivity contribution in [1.82, 2.24) is 9.55 Å². The Hall–Kier alpha value is -0.940. The van der Waals surface area contributed by atoms with Gasteiger partial charge in [0.1, 0.15) is 5.82 Å². The zero-order valence-electron chi connectivity index (χ0n) is 11.8. The first-order chi connectivity index (χ1) is 9.58. The fourth-order valence-electron chi connectivity index (χ4n) is 2.21. The van der Waals surface area contributed by atoms with E-state index < -0.39 is 5.82 Å². The average molecular weight is 317 g/mol. The summed E-state index contributed by atoms with van der Waals surface area (Å²) in [6, 6.07) is 3.10. The second kappa shape index (κ2) is 6.68. The van der Waals surface area contributed by atoms with Crippen LogP contribution in [0.3, 0.4) is 0 Å². The molecule has 0 N–H and O–H groups in total. The van der Waals surface area contributed by atoms with Gasteiger partial charge in [0.05, 0.1) is 23.5 Å². The van der Waals surface area contributed by atoms with Crippen molar-refractivity contribution in [3.63, 3.8) is 0 Å². The lowest BCUT2D eigenvalue weighted by molar-refractivity contribution is 0.387. The average Bonchev–Trinajstić information content (AvgIpc) is 2.76. The number of hydrogen-bond acceptors (Lipinski definition) is 3. The van der Waals surface area contributed by atoms with Crippen molar-refractivity contribution in [1.29, 1.82) is 0 Å². The van der Waals surface area contributed by atoms with Gasteiger partial charge in [-0.1, -0.05) is 0 Å². The van der Waals surface area contributed by atoms with Gasteiger partial charge >= 0.3 is 0 Å². The van der Waals surface area contributed by atoms with E-state index in [1.54, 1.807) is 17.8 Å². The predicted molar refractivity (Wildman–Crippen MR) is 83.5 cm³/mol. The Morgan fingerprint density at radius 3 is 2.85 bits per heavy atom. The number of alkyl halides is 1. The summed E-state index contributed by atoms with van der Waals surface area (Å²) in [5, 5.41) is -0.217. The predicted octanol–water partition coefficient (Wildman–Crippen LogP) is 4.24. The van der Waals surface area contributed by atoms with Crippen LogP contribution in [0.5, 0.6) is 5.75 Å². The molecule has 0 saturated carbocycles. The molecule has 0 spiro atoms. The largest absolute Gasteiger partial charge is 0.494 e. The van der Waals surface area contributed by atoms with Gasteiger partial charge in [-0.2, -0.15) is 11.8 Å². The standard InChI is InChI=1S/C14H18ClFN2OS/c1-9(15)14-17-11-7-10(16)13(19-2)8-12(11)18(14)5-4-6-20-3/h7-9H,4-6H2,1-3H3. The van der Waals surface area contributed by atoms with Gasteiger partial charge in [0.2, 0.25) is 0 Å². The first kappa shape index (κ1) is 15.4. The molecule has 1 aromatic heterocycles. The normalized spacial score (nSPS) is 12.8. The number of thioether (sulfide) groups is 1. The topological polar surface area (TPSA) is 27.1 Å². The Kier molecular flexibility index (Phi) is 5.16. The molecule has 0 aliphatic heterocycles. The van der Waals surface area contributed by atoms with Crippen LogP contribution >= 0.6 is 23.4 Å². The smallest absolute Gasteiger partial charge is 0.167 e.